The Hall–Kier alpha value is -1.57. The minimum absolute atomic E-state index is 0.0275. The summed E-state index contributed by atoms with van der Waals surface area (Å²) in [5, 5.41) is 9.54. The van der Waals surface area contributed by atoms with E-state index in [1.54, 1.807) is 11.8 Å². The van der Waals surface area contributed by atoms with E-state index in [0.717, 1.165) is 47.2 Å². The molecule has 0 spiro atoms. The number of thioether (sulfide) groups is 1. The molecule has 3 heterocycles. The molecule has 0 unspecified atom stereocenters. The SMILES string of the molecule is Cn1c2ccccc2n2c(SCCO[C@@H]3CCCCO3)nnc12. The number of imidazole rings is 1. The molecule has 23 heavy (non-hydrogen) atoms. The highest BCUT2D eigenvalue weighted by atomic mass is 32.2. The molecule has 0 amide bonds. The number of nitrogens with zero attached hydrogens (tertiary/aromatic N) is 4. The molecule has 0 aliphatic carbocycles. The molecule has 1 fully saturated rings. The summed E-state index contributed by atoms with van der Waals surface area (Å²) >= 11 is 1.67. The number of aromatic nitrogens is 4. The summed E-state index contributed by atoms with van der Waals surface area (Å²) in [6, 6.07) is 8.28. The second-order valence-electron chi connectivity index (χ2n) is 5.68. The second kappa shape index (κ2) is 6.51. The van der Waals surface area contributed by atoms with Crippen molar-refractivity contribution in [1.29, 1.82) is 0 Å². The molecule has 1 aromatic carbocycles. The Morgan fingerprint density at radius 2 is 2.13 bits per heavy atom. The van der Waals surface area contributed by atoms with Gasteiger partial charge in [-0.2, -0.15) is 0 Å². The Kier molecular flexibility index (Phi) is 4.24. The van der Waals surface area contributed by atoms with E-state index in [0.29, 0.717) is 6.61 Å². The lowest BCUT2D eigenvalue weighted by Gasteiger charge is -2.22. The average molecular weight is 332 g/mol. The quantitative estimate of drug-likeness (QED) is 0.531. The van der Waals surface area contributed by atoms with Crippen molar-refractivity contribution in [1.82, 2.24) is 19.2 Å². The molecule has 2 aromatic heterocycles. The van der Waals surface area contributed by atoms with Crippen molar-refractivity contribution >= 4 is 28.6 Å². The first-order valence-electron chi connectivity index (χ1n) is 7.99. The van der Waals surface area contributed by atoms with Crippen LogP contribution in [0.3, 0.4) is 0 Å². The third kappa shape index (κ3) is 2.84. The number of hydrogen-bond acceptors (Lipinski definition) is 5. The normalized spacial score (nSPS) is 18.9. The molecule has 0 bridgehead atoms. The van der Waals surface area contributed by atoms with Gasteiger partial charge in [0.2, 0.25) is 5.78 Å². The van der Waals surface area contributed by atoms with E-state index in [1.165, 1.54) is 6.42 Å². The smallest absolute Gasteiger partial charge is 0.236 e. The Labute approximate surface area is 138 Å². The average Bonchev–Trinajstić information content (AvgIpc) is 3.14. The van der Waals surface area contributed by atoms with E-state index in [4.69, 9.17) is 9.47 Å². The summed E-state index contributed by atoms with van der Waals surface area (Å²) in [5.74, 6) is 1.70. The number of hydrogen-bond donors (Lipinski definition) is 0. The summed E-state index contributed by atoms with van der Waals surface area (Å²) in [6.45, 7) is 1.48. The number of benzene rings is 1. The number of aryl methyl sites for hydroxylation is 1. The molecule has 0 N–H and O–H groups in total. The summed E-state index contributed by atoms with van der Waals surface area (Å²) in [4.78, 5) is 0. The lowest BCUT2D eigenvalue weighted by molar-refractivity contribution is -0.158. The summed E-state index contributed by atoms with van der Waals surface area (Å²) in [5.41, 5.74) is 2.29. The maximum absolute atomic E-state index is 5.78. The van der Waals surface area contributed by atoms with Crippen LogP contribution in [0.2, 0.25) is 0 Å². The Bertz CT molecular complexity index is 807. The van der Waals surface area contributed by atoms with Gasteiger partial charge in [-0.05, 0) is 31.4 Å². The highest BCUT2D eigenvalue weighted by Crippen LogP contribution is 2.25. The van der Waals surface area contributed by atoms with E-state index in [9.17, 15) is 0 Å². The molecule has 1 atom stereocenters. The Morgan fingerprint density at radius 1 is 1.26 bits per heavy atom. The van der Waals surface area contributed by atoms with Crippen LogP contribution in [0.5, 0.6) is 0 Å². The predicted octanol–water partition coefficient (Wildman–Crippen LogP) is 2.86. The van der Waals surface area contributed by atoms with Gasteiger partial charge in [0, 0.05) is 19.4 Å². The summed E-state index contributed by atoms with van der Waals surface area (Å²) in [6.07, 6.45) is 3.31. The van der Waals surface area contributed by atoms with Crippen LogP contribution >= 0.6 is 11.8 Å². The van der Waals surface area contributed by atoms with Gasteiger partial charge >= 0.3 is 0 Å². The molecule has 1 aliphatic rings. The van der Waals surface area contributed by atoms with E-state index >= 15 is 0 Å². The zero-order valence-corrected chi connectivity index (χ0v) is 14.0. The minimum atomic E-state index is -0.0275. The van der Waals surface area contributed by atoms with E-state index in [-0.39, 0.29) is 6.29 Å². The third-order valence-electron chi connectivity index (χ3n) is 4.16. The van der Waals surface area contributed by atoms with Crippen molar-refractivity contribution in [3.8, 4) is 0 Å². The lowest BCUT2D eigenvalue weighted by Crippen LogP contribution is -2.23. The van der Waals surface area contributed by atoms with Crippen LogP contribution in [-0.4, -0.2) is 44.4 Å². The lowest BCUT2D eigenvalue weighted by atomic mass is 10.2. The zero-order valence-electron chi connectivity index (χ0n) is 13.1. The van der Waals surface area contributed by atoms with Crippen molar-refractivity contribution in [3.05, 3.63) is 24.3 Å². The van der Waals surface area contributed by atoms with Gasteiger partial charge in [-0.1, -0.05) is 23.9 Å². The van der Waals surface area contributed by atoms with Crippen LogP contribution in [0.25, 0.3) is 16.8 Å². The highest BCUT2D eigenvalue weighted by Gasteiger charge is 2.16. The van der Waals surface area contributed by atoms with Crippen molar-refractivity contribution in [2.75, 3.05) is 19.0 Å². The molecular weight excluding hydrogens is 312 g/mol. The predicted molar refractivity (Wildman–Crippen MR) is 89.7 cm³/mol. The zero-order chi connectivity index (χ0) is 15.6. The first kappa shape index (κ1) is 15.0. The van der Waals surface area contributed by atoms with Gasteiger partial charge in [0.1, 0.15) is 0 Å². The highest BCUT2D eigenvalue weighted by molar-refractivity contribution is 7.99. The van der Waals surface area contributed by atoms with Crippen LogP contribution < -0.4 is 0 Å². The summed E-state index contributed by atoms with van der Waals surface area (Å²) < 4.78 is 15.5. The van der Waals surface area contributed by atoms with Gasteiger partial charge in [0.05, 0.1) is 17.6 Å². The van der Waals surface area contributed by atoms with E-state index < -0.39 is 0 Å². The fourth-order valence-corrected chi connectivity index (χ4v) is 3.75. The molecule has 3 aromatic rings. The first-order valence-corrected chi connectivity index (χ1v) is 8.98. The maximum atomic E-state index is 5.78. The van der Waals surface area contributed by atoms with Gasteiger partial charge in [0.25, 0.3) is 0 Å². The van der Waals surface area contributed by atoms with Crippen LogP contribution in [-0.2, 0) is 16.5 Å². The molecule has 1 saturated heterocycles. The molecule has 6 nitrogen and oxygen atoms in total. The van der Waals surface area contributed by atoms with Gasteiger partial charge < -0.3 is 14.0 Å². The third-order valence-corrected chi connectivity index (χ3v) is 5.05. The van der Waals surface area contributed by atoms with E-state index in [1.807, 2.05) is 19.2 Å². The second-order valence-corrected chi connectivity index (χ2v) is 6.74. The Balaban J connectivity index is 1.46. The van der Waals surface area contributed by atoms with Gasteiger partial charge in [0.15, 0.2) is 11.4 Å². The molecule has 1 aliphatic heterocycles. The fourth-order valence-electron chi connectivity index (χ4n) is 2.98. The Morgan fingerprint density at radius 3 is 2.96 bits per heavy atom. The number of rotatable bonds is 5. The molecular formula is C16H20N4O2S. The maximum Gasteiger partial charge on any atom is 0.236 e. The minimum Gasteiger partial charge on any atom is -0.353 e. The van der Waals surface area contributed by atoms with Gasteiger partial charge in [-0.3, -0.25) is 4.40 Å². The van der Waals surface area contributed by atoms with Crippen LogP contribution in [0.4, 0.5) is 0 Å². The molecule has 4 rings (SSSR count). The van der Waals surface area contributed by atoms with Crippen LogP contribution in [0.1, 0.15) is 19.3 Å². The molecule has 0 saturated carbocycles. The molecule has 0 radical (unpaired) electrons. The topological polar surface area (TPSA) is 53.6 Å². The van der Waals surface area contributed by atoms with Crippen molar-refractivity contribution in [2.24, 2.45) is 7.05 Å². The van der Waals surface area contributed by atoms with Crippen molar-refractivity contribution in [3.63, 3.8) is 0 Å². The van der Waals surface area contributed by atoms with Crippen molar-refractivity contribution in [2.45, 2.75) is 30.7 Å². The number of para-hydroxylation sites is 2. The molecule has 122 valence electrons. The van der Waals surface area contributed by atoms with E-state index in [2.05, 4.69) is 31.3 Å². The van der Waals surface area contributed by atoms with Crippen LogP contribution in [0, 0.1) is 0 Å². The number of ether oxygens (including phenoxy) is 2. The van der Waals surface area contributed by atoms with Gasteiger partial charge in [-0.15, -0.1) is 10.2 Å². The van der Waals surface area contributed by atoms with Crippen LogP contribution in [0.15, 0.2) is 29.4 Å². The number of fused-ring (bicyclic) bond motifs is 3. The first-order chi connectivity index (χ1) is 11.3. The van der Waals surface area contributed by atoms with Crippen molar-refractivity contribution < 1.29 is 9.47 Å². The fraction of sp³-hybridized carbons (Fsp3) is 0.500. The monoisotopic (exact) mass is 332 g/mol. The standard InChI is InChI=1S/C16H20N4O2S/c1-19-12-6-2-3-7-13(12)20-15(19)17-18-16(20)23-11-10-22-14-8-4-5-9-21-14/h2-3,6-7,14H,4-5,8-11H2,1H3/t14-/m1/s1. The molecule has 7 heteroatoms. The van der Waals surface area contributed by atoms with Gasteiger partial charge in [-0.25, -0.2) is 0 Å². The summed E-state index contributed by atoms with van der Waals surface area (Å²) in [7, 11) is 2.02. The largest absolute Gasteiger partial charge is 0.353 e.